The van der Waals surface area contributed by atoms with Crippen LogP contribution >= 0.6 is 0 Å². The van der Waals surface area contributed by atoms with Crippen molar-refractivity contribution in [2.75, 3.05) is 20.2 Å². The number of esters is 1. The van der Waals surface area contributed by atoms with Crippen molar-refractivity contribution < 1.29 is 19.1 Å². The van der Waals surface area contributed by atoms with E-state index in [2.05, 4.69) is 5.32 Å². The summed E-state index contributed by atoms with van der Waals surface area (Å²) in [6, 6.07) is 9.57. The molecule has 1 saturated heterocycles. The molecule has 2 amide bonds. The van der Waals surface area contributed by atoms with Crippen LogP contribution in [-0.2, 0) is 19.1 Å². The van der Waals surface area contributed by atoms with Crippen molar-refractivity contribution >= 4 is 17.8 Å². The van der Waals surface area contributed by atoms with Crippen molar-refractivity contribution in [1.29, 1.82) is 0 Å². The Labute approximate surface area is 129 Å². The zero-order chi connectivity index (χ0) is 16.1. The molecule has 6 heteroatoms. The summed E-state index contributed by atoms with van der Waals surface area (Å²) < 4.78 is 4.93. The molecule has 0 unspecified atom stereocenters. The van der Waals surface area contributed by atoms with Gasteiger partial charge in [-0.15, -0.1) is 0 Å². The fraction of sp³-hybridized carbons (Fsp3) is 0.438. The van der Waals surface area contributed by atoms with Crippen LogP contribution in [0.5, 0.6) is 0 Å². The number of ether oxygens (including phenoxy) is 1. The molecule has 1 aliphatic heterocycles. The Kier molecular flexibility index (Phi) is 5.14. The third-order valence-electron chi connectivity index (χ3n) is 3.87. The van der Waals surface area contributed by atoms with Gasteiger partial charge in [0.2, 0.25) is 5.91 Å². The molecule has 2 rings (SSSR count). The molecule has 1 heterocycles. The molecule has 1 aromatic rings. The van der Waals surface area contributed by atoms with Crippen LogP contribution in [0, 0.1) is 5.92 Å². The maximum Gasteiger partial charge on any atom is 0.311 e. The van der Waals surface area contributed by atoms with Gasteiger partial charge in [0.15, 0.2) is 6.61 Å². The summed E-state index contributed by atoms with van der Waals surface area (Å²) in [6.07, 6.45) is 0.129. The largest absolute Gasteiger partial charge is 0.455 e. The van der Waals surface area contributed by atoms with Gasteiger partial charge in [-0.1, -0.05) is 30.3 Å². The lowest BCUT2D eigenvalue weighted by molar-refractivity contribution is -0.152. The second-order valence-electron chi connectivity index (χ2n) is 5.31. The average molecular weight is 304 g/mol. The predicted molar refractivity (Wildman–Crippen MR) is 79.7 cm³/mol. The van der Waals surface area contributed by atoms with Crippen LogP contribution in [-0.4, -0.2) is 42.9 Å². The minimum absolute atomic E-state index is 0.0711. The maximum atomic E-state index is 12.1. The fourth-order valence-electron chi connectivity index (χ4n) is 2.50. The van der Waals surface area contributed by atoms with Crippen LogP contribution in [0.15, 0.2) is 30.3 Å². The predicted octanol–water partition coefficient (Wildman–Crippen LogP) is 0.885. The average Bonchev–Trinajstić information content (AvgIpc) is 2.94. The molecule has 0 aromatic heterocycles. The number of hydrogen-bond acceptors (Lipinski definition) is 4. The number of nitrogens with one attached hydrogen (secondary N) is 1. The van der Waals surface area contributed by atoms with E-state index in [-0.39, 0.29) is 30.9 Å². The molecule has 0 bridgehead atoms. The van der Waals surface area contributed by atoms with Crippen molar-refractivity contribution in [3.63, 3.8) is 0 Å². The first-order valence-corrected chi connectivity index (χ1v) is 7.24. The first kappa shape index (κ1) is 16.0. The highest BCUT2D eigenvalue weighted by Crippen LogP contribution is 2.28. The van der Waals surface area contributed by atoms with E-state index < -0.39 is 11.9 Å². The summed E-state index contributed by atoms with van der Waals surface area (Å²) in [5.41, 5.74) is 1.02. The highest BCUT2D eigenvalue weighted by atomic mass is 16.5. The molecule has 2 atom stereocenters. The lowest BCUT2D eigenvalue weighted by atomic mass is 10.1. The van der Waals surface area contributed by atoms with Gasteiger partial charge in [-0.25, -0.2) is 0 Å². The number of carbonyl (C=O) groups is 3. The zero-order valence-corrected chi connectivity index (χ0v) is 12.7. The van der Waals surface area contributed by atoms with Crippen LogP contribution < -0.4 is 5.32 Å². The number of carbonyl (C=O) groups excluding carboxylic acids is 3. The minimum Gasteiger partial charge on any atom is -0.455 e. The first-order valence-electron chi connectivity index (χ1n) is 7.24. The second kappa shape index (κ2) is 7.06. The molecule has 6 nitrogen and oxygen atoms in total. The van der Waals surface area contributed by atoms with E-state index in [1.54, 1.807) is 4.90 Å². The van der Waals surface area contributed by atoms with Crippen molar-refractivity contribution in [2.45, 2.75) is 19.4 Å². The van der Waals surface area contributed by atoms with Crippen LogP contribution in [0.2, 0.25) is 0 Å². The summed E-state index contributed by atoms with van der Waals surface area (Å²) in [6.45, 7) is 1.95. The first-order chi connectivity index (χ1) is 10.5. The number of nitrogens with zero attached hydrogens (tertiary/aromatic N) is 1. The molecule has 1 fully saturated rings. The van der Waals surface area contributed by atoms with Crippen LogP contribution in [0.4, 0.5) is 0 Å². The third-order valence-corrected chi connectivity index (χ3v) is 3.87. The van der Waals surface area contributed by atoms with Gasteiger partial charge in [-0.3, -0.25) is 14.4 Å². The molecule has 118 valence electrons. The van der Waals surface area contributed by atoms with Crippen LogP contribution in [0.25, 0.3) is 0 Å². The number of benzene rings is 1. The van der Waals surface area contributed by atoms with Gasteiger partial charge >= 0.3 is 5.97 Å². The number of likely N-dealkylation sites (N-methyl/N-ethyl adjacent to an activating group) is 1. The van der Waals surface area contributed by atoms with Gasteiger partial charge in [0.1, 0.15) is 0 Å². The standard InChI is InChI=1S/C16H20N2O4/c1-11(12-6-4-3-5-7-12)18-9-13(8-15(18)20)16(21)22-10-14(19)17-2/h3-7,11,13H,8-10H2,1-2H3,(H,17,19)/t11-,13-/m1/s1. The molecule has 1 aliphatic rings. The quantitative estimate of drug-likeness (QED) is 0.820. The van der Waals surface area contributed by atoms with Crippen LogP contribution in [0.3, 0.4) is 0 Å². The van der Waals surface area contributed by atoms with Crippen molar-refractivity contribution in [2.24, 2.45) is 5.92 Å². The molecular weight excluding hydrogens is 284 g/mol. The molecule has 1 aromatic carbocycles. The zero-order valence-electron chi connectivity index (χ0n) is 12.7. The topological polar surface area (TPSA) is 75.7 Å². The van der Waals surface area contributed by atoms with E-state index in [1.165, 1.54) is 7.05 Å². The van der Waals surface area contributed by atoms with Crippen molar-refractivity contribution in [3.8, 4) is 0 Å². The second-order valence-corrected chi connectivity index (χ2v) is 5.31. The Morgan fingerprint density at radius 2 is 2.05 bits per heavy atom. The summed E-state index contributed by atoms with van der Waals surface area (Å²) in [4.78, 5) is 36.8. The molecular formula is C16H20N2O4. The van der Waals surface area contributed by atoms with Gasteiger partial charge in [0, 0.05) is 20.0 Å². The van der Waals surface area contributed by atoms with E-state index in [4.69, 9.17) is 4.74 Å². The van der Waals surface area contributed by atoms with E-state index in [0.717, 1.165) is 5.56 Å². The summed E-state index contributed by atoms with van der Waals surface area (Å²) in [5, 5.41) is 2.37. The highest BCUT2D eigenvalue weighted by molar-refractivity contribution is 5.88. The maximum absolute atomic E-state index is 12.1. The smallest absolute Gasteiger partial charge is 0.311 e. The monoisotopic (exact) mass is 304 g/mol. The number of rotatable bonds is 5. The fourth-order valence-corrected chi connectivity index (χ4v) is 2.50. The SMILES string of the molecule is CNC(=O)COC(=O)[C@@H]1CC(=O)N([C@H](C)c2ccccc2)C1. The molecule has 0 aliphatic carbocycles. The van der Waals surface area contributed by atoms with E-state index >= 15 is 0 Å². The Morgan fingerprint density at radius 3 is 2.68 bits per heavy atom. The third kappa shape index (κ3) is 3.63. The molecule has 0 saturated carbocycles. The van der Waals surface area contributed by atoms with Crippen molar-refractivity contribution in [1.82, 2.24) is 10.2 Å². The molecule has 0 radical (unpaired) electrons. The van der Waals surface area contributed by atoms with Gasteiger partial charge in [0.25, 0.3) is 5.91 Å². The van der Waals surface area contributed by atoms with Gasteiger partial charge in [0.05, 0.1) is 12.0 Å². The minimum atomic E-state index is -0.511. The van der Waals surface area contributed by atoms with Crippen LogP contribution in [0.1, 0.15) is 24.9 Å². The lowest BCUT2D eigenvalue weighted by Crippen LogP contribution is -2.31. The van der Waals surface area contributed by atoms with Gasteiger partial charge < -0.3 is 15.0 Å². The van der Waals surface area contributed by atoms with Gasteiger partial charge in [-0.05, 0) is 12.5 Å². The van der Waals surface area contributed by atoms with Gasteiger partial charge in [-0.2, -0.15) is 0 Å². The van der Waals surface area contributed by atoms with Crippen molar-refractivity contribution in [3.05, 3.63) is 35.9 Å². The Balaban J connectivity index is 1.96. The molecule has 0 spiro atoms. The highest BCUT2D eigenvalue weighted by Gasteiger charge is 2.38. The summed E-state index contributed by atoms with van der Waals surface area (Å²) in [7, 11) is 1.47. The Bertz CT molecular complexity index is 559. The van der Waals surface area contributed by atoms with E-state index in [0.29, 0.717) is 6.54 Å². The lowest BCUT2D eigenvalue weighted by Gasteiger charge is -2.25. The number of likely N-dealkylation sites (tertiary alicyclic amines) is 1. The summed E-state index contributed by atoms with van der Waals surface area (Å²) >= 11 is 0. The Hall–Kier alpha value is -2.37. The normalized spacial score (nSPS) is 18.9. The van der Waals surface area contributed by atoms with E-state index in [1.807, 2.05) is 37.3 Å². The van der Waals surface area contributed by atoms with E-state index in [9.17, 15) is 14.4 Å². The number of hydrogen-bond donors (Lipinski definition) is 1. The Morgan fingerprint density at radius 1 is 1.36 bits per heavy atom. The summed E-state index contributed by atoms with van der Waals surface area (Å²) in [5.74, 6) is -1.45. The molecule has 22 heavy (non-hydrogen) atoms. The molecule has 1 N–H and O–H groups in total. The number of amides is 2.